The second-order valence-corrected chi connectivity index (χ2v) is 5.15. The van der Waals surface area contributed by atoms with Crippen molar-refractivity contribution in [3.05, 3.63) is 18.0 Å². The molecule has 17 heavy (non-hydrogen) atoms. The summed E-state index contributed by atoms with van der Waals surface area (Å²) in [6.45, 7) is 3.26. The molecule has 1 aromatic heterocycles. The summed E-state index contributed by atoms with van der Waals surface area (Å²) in [5.41, 5.74) is 1.21. The van der Waals surface area contributed by atoms with Gasteiger partial charge in [0.05, 0.1) is 0 Å². The van der Waals surface area contributed by atoms with Crippen molar-refractivity contribution < 1.29 is 0 Å². The van der Waals surface area contributed by atoms with Gasteiger partial charge in [0.15, 0.2) is 0 Å². The van der Waals surface area contributed by atoms with E-state index in [4.69, 9.17) is 0 Å². The van der Waals surface area contributed by atoms with Crippen LogP contribution in [0.15, 0.2) is 12.3 Å². The predicted octanol–water partition coefficient (Wildman–Crippen LogP) is 1.77. The monoisotopic (exact) mass is 232 g/mol. The summed E-state index contributed by atoms with van der Waals surface area (Å²) < 4.78 is 0. The number of hydrogen-bond donors (Lipinski definition) is 2. The van der Waals surface area contributed by atoms with Crippen molar-refractivity contribution in [3.8, 4) is 0 Å². The Morgan fingerprint density at radius 1 is 1.24 bits per heavy atom. The van der Waals surface area contributed by atoms with Crippen molar-refractivity contribution in [3.63, 3.8) is 0 Å². The zero-order chi connectivity index (χ0) is 11.5. The smallest absolute Gasteiger partial charge is 0.222 e. The van der Waals surface area contributed by atoms with Crippen LogP contribution in [-0.2, 0) is 0 Å². The van der Waals surface area contributed by atoms with Gasteiger partial charge in [-0.05, 0) is 50.8 Å². The van der Waals surface area contributed by atoms with Crippen molar-refractivity contribution in [2.75, 3.05) is 25.0 Å². The van der Waals surface area contributed by atoms with Gasteiger partial charge in [-0.15, -0.1) is 0 Å². The first kappa shape index (κ1) is 11.0. The molecule has 0 spiro atoms. The Kier molecular flexibility index (Phi) is 3.22. The maximum absolute atomic E-state index is 4.65. The fourth-order valence-corrected chi connectivity index (χ4v) is 2.36. The minimum Gasteiger partial charge on any atom is -0.354 e. The minimum absolute atomic E-state index is 0.612. The number of nitrogens with one attached hydrogen (secondary N) is 2. The lowest BCUT2D eigenvalue weighted by Gasteiger charge is -2.22. The highest BCUT2D eigenvalue weighted by Crippen LogP contribution is 2.29. The Bertz CT molecular complexity index is 369. The van der Waals surface area contributed by atoms with Gasteiger partial charge in [0.2, 0.25) is 5.95 Å². The molecule has 0 amide bonds. The quantitative estimate of drug-likeness (QED) is 0.830. The highest BCUT2D eigenvalue weighted by atomic mass is 15.1. The summed E-state index contributed by atoms with van der Waals surface area (Å²) in [6, 6.07) is 2.07. The van der Waals surface area contributed by atoms with Gasteiger partial charge in [-0.25, -0.2) is 9.97 Å². The molecule has 0 unspecified atom stereocenters. The molecule has 0 aromatic carbocycles. The summed E-state index contributed by atoms with van der Waals surface area (Å²) >= 11 is 0. The topological polar surface area (TPSA) is 49.8 Å². The third kappa shape index (κ3) is 2.94. The normalized spacial score (nSPS) is 21.4. The fraction of sp³-hybridized carbons (Fsp3) is 0.692. The molecular formula is C13H20N4. The van der Waals surface area contributed by atoms with Gasteiger partial charge in [-0.3, -0.25) is 0 Å². The lowest BCUT2D eigenvalue weighted by atomic mass is 9.94. The van der Waals surface area contributed by atoms with Crippen LogP contribution in [0.5, 0.6) is 0 Å². The van der Waals surface area contributed by atoms with Gasteiger partial charge < -0.3 is 10.6 Å². The summed E-state index contributed by atoms with van der Waals surface area (Å²) in [5.74, 6) is 2.29. The summed E-state index contributed by atoms with van der Waals surface area (Å²) in [5, 5.41) is 6.74. The summed E-state index contributed by atoms with van der Waals surface area (Å²) in [6.07, 6.45) is 7.00. The Morgan fingerprint density at radius 2 is 2.06 bits per heavy atom. The third-order valence-electron chi connectivity index (χ3n) is 3.68. The van der Waals surface area contributed by atoms with Crippen LogP contribution in [0, 0.1) is 5.92 Å². The molecule has 2 fully saturated rings. The Morgan fingerprint density at radius 3 is 2.82 bits per heavy atom. The summed E-state index contributed by atoms with van der Waals surface area (Å²) in [7, 11) is 0. The molecule has 1 saturated carbocycles. The number of hydrogen-bond acceptors (Lipinski definition) is 4. The molecule has 1 aromatic rings. The minimum atomic E-state index is 0.612. The van der Waals surface area contributed by atoms with Gasteiger partial charge in [-0.2, -0.15) is 0 Å². The largest absolute Gasteiger partial charge is 0.354 e. The van der Waals surface area contributed by atoms with Crippen LogP contribution in [0.2, 0.25) is 0 Å². The van der Waals surface area contributed by atoms with Crippen molar-refractivity contribution in [1.82, 2.24) is 15.3 Å². The molecule has 2 heterocycles. The van der Waals surface area contributed by atoms with Crippen molar-refractivity contribution in [2.45, 2.75) is 31.6 Å². The Labute approximate surface area is 102 Å². The van der Waals surface area contributed by atoms with E-state index < -0.39 is 0 Å². The molecule has 1 aliphatic heterocycles. The average molecular weight is 232 g/mol. The van der Waals surface area contributed by atoms with Gasteiger partial charge >= 0.3 is 0 Å². The van der Waals surface area contributed by atoms with E-state index in [0.29, 0.717) is 5.92 Å². The maximum atomic E-state index is 4.65. The second-order valence-electron chi connectivity index (χ2n) is 5.15. The molecule has 92 valence electrons. The Hall–Kier alpha value is -1.16. The number of anilines is 1. The molecule has 3 rings (SSSR count). The van der Waals surface area contributed by atoms with Crippen LogP contribution in [0.3, 0.4) is 0 Å². The lowest BCUT2D eigenvalue weighted by Crippen LogP contribution is -2.27. The van der Waals surface area contributed by atoms with E-state index in [-0.39, 0.29) is 0 Å². The van der Waals surface area contributed by atoms with Crippen LogP contribution in [-0.4, -0.2) is 29.6 Å². The van der Waals surface area contributed by atoms with Crippen molar-refractivity contribution in [2.24, 2.45) is 5.92 Å². The number of piperidine rings is 1. The highest BCUT2D eigenvalue weighted by molar-refractivity contribution is 5.27. The van der Waals surface area contributed by atoms with E-state index in [2.05, 4.69) is 26.7 Å². The molecule has 0 atom stereocenters. The van der Waals surface area contributed by atoms with E-state index in [1.807, 2.05) is 6.20 Å². The molecule has 4 nitrogen and oxygen atoms in total. The van der Waals surface area contributed by atoms with E-state index >= 15 is 0 Å². The third-order valence-corrected chi connectivity index (χ3v) is 3.68. The number of aromatic nitrogens is 2. The van der Waals surface area contributed by atoms with Crippen molar-refractivity contribution >= 4 is 5.95 Å². The van der Waals surface area contributed by atoms with E-state index in [1.54, 1.807) is 0 Å². The molecule has 2 N–H and O–H groups in total. The first-order valence-electron chi connectivity index (χ1n) is 6.69. The highest BCUT2D eigenvalue weighted by Gasteiger charge is 2.21. The van der Waals surface area contributed by atoms with Crippen LogP contribution in [0.25, 0.3) is 0 Å². The molecule has 0 radical (unpaired) electrons. The van der Waals surface area contributed by atoms with Gasteiger partial charge in [0.25, 0.3) is 0 Å². The zero-order valence-corrected chi connectivity index (χ0v) is 10.2. The van der Waals surface area contributed by atoms with Crippen LogP contribution < -0.4 is 10.6 Å². The van der Waals surface area contributed by atoms with Crippen LogP contribution in [0.4, 0.5) is 5.95 Å². The van der Waals surface area contributed by atoms with E-state index in [9.17, 15) is 0 Å². The van der Waals surface area contributed by atoms with Gasteiger partial charge in [0, 0.05) is 24.4 Å². The average Bonchev–Trinajstić information content (AvgIpc) is 3.22. The fourth-order valence-electron chi connectivity index (χ4n) is 2.36. The van der Waals surface area contributed by atoms with Crippen molar-refractivity contribution in [1.29, 1.82) is 0 Å². The molecule has 2 aliphatic rings. The Balaban J connectivity index is 1.64. The van der Waals surface area contributed by atoms with Crippen LogP contribution in [0.1, 0.15) is 37.3 Å². The summed E-state index contributed by atoms with van der Waals surface area (Å²) in [4.78, 5) is 8.94. The molecule has 1 aliphatic carbocycles. The first-order chi connectivity index (χ1) is 8.42. The van der Waals surface area contributed by atoms with E-state index in [1.165, 1.54) is 31.4 Å². The number of rotatable bonds is 4. The molecule has 0 bridgehead atoms. The predicted molar refractivity (Wildman–Crippen MR) is 68.1 cm³/mol. The second kappa shape index (κ2) is 5.00. The van der Waals surface area contributed by atoms with E-state index in [0.717, 1.165) is 31.5 Å². The van der Waals surface area contributed by atoms with Gasteiger partial charge in [-0.1, -0.05) is 0 Å². The van der Waals surface area contributed by atoms with Gasteiger partial charge in [0.1, 0.15) is 0 Å². The standard InChI is InChI=1S/C13H20N4/c1-2-10(1)9-16-13-15-8-5-12(17-13)11-3-6-14-7-4-11/h5,8,10-11,14H,1-4,6-7,9H2,(H,15,16,17). The molecule has 1 saturated heterocycles. The van der Waals surface area contributed by atoms with Crippen LogP contribution >= 0.6 is 0 Å². The number of nitrogens with zero attached hydrogens (tertiary/aromatic N) is 2. The SMILES string of the molecule is c1cc(C2CCNCC2)nc(NCC2CC2)n1. The lowest BCUT2D eigenvalue weighted by molar-refractivity contribution is 0.453. The molecular weight excluding hydrogens is 212 g/mol. The maximum Gasteiger partial charge on any atom is 0.222 e. The zero-order valence-electron chi connectivity index (χ0n) is 10.2. The first-order valence-corrected chi connectivity index (χ1v) is 6.69. The molecule has 4 heteroatoms.